The fourth-order valence-corrected chi connectivity index (χ4v) is 2.79. The molecule has 2 rings (SSSR count). The lowest BCUT2D eigenvalue weighted by molar-refractivity contribution is 0.0489. The van der Waals surface area contributed by atoms with Gasteiger partial charge in [0, 0.05) is 0 Å². The number of ketones is 1. The Kier molecular flexibility index (Phi) is 8.40. The zero-order chi connectivity index (χ0) is 20.4. The van der Waals surface area contributed by atoms with Crippen LogP contribution in [-0.4, -0.2) is 24.3 Å². The molecule has 0 amide bonds. The molecule has 148 valence electrons. The van der Waals surface area contributed by atoms with Crippen LogP contribution in [0.3, 0.4) is 0 Å². The van der Waals surface area contributed by atoms with Gasteiger partial charge in [-0.1, -0.05) is 56.9 Å². The lowest BCUT2D eigenvalue weighted by Crippen LogP contribution is -2.17. The number of rotatable bonds is 10. The summed E-state index contributed by atoms with van der Waals surface area (Å²) in [5.41, 5.74) is 0.571. The highest BCUT2D eigenvalue weighted by atomic mass is 16.5. The summed E-state index contributed by atoms with van der Waals surface area (Å²) in [4.78, 5) is 36.7. The fourth-order valence-electron chi connectivity index (χ4n) is 2.79. The second kappa shape index (κ2) is 11.0. The minimum absolute atomic E-state index is 0.108. The van der Waals surface area contributed by atoms with Gasteiger partial charge in [0.1, 0.15) is 5.75 Å². The molecule has 5 nitrogen and oxygen atoms in total. The maximum absolute atomic E-state index is 12.6. The summed E-state index contributed by atoms with van der Waals surface area (Å²) in [6.07, 6.45) is 5.25. The predicted octanol–water partition coefficient (Wildman–Crippen LogP) is 5.24. The van der Waals surface area contributed by atoms with E-state index in [9.17, 15) is 14.4 Å². The first kappa shape index (κ1) is 21.4. The molecule has 0 atom stereocenters. The molecular formula is C23H26O5. The molecule has 0 spiro atoms. The molecule has 2 aromatic carbocycles. The molecule has 5 heteroatoms. The van der Waals surface area contributed by atoms with Crippen LogP contribution in [-0.2, 0) is 4.74 Å². The van der Waals surface area contributed by atoms with Gasteiger partial charge in [0.15, 0.2) is 5.78 Å². The van der Waals surface area contributed by atoms with Crippen LogP contribution in [0.25, 0.3) is 0 Å². The van der Waals surface area contributed by atoms with Crippen molar-refractivity contribution in [2.45, 2.75) is 46.0 Å². The third kappa shape index (κ3) is 6.05. The molecule has 0 fully saturated rings. The molecule has 0 saturated carbocycles. The van der Waals surface area contributed by atoms with Gasteiger partial charge < -0.3 is 9.47 Å². The smallest absolute Gasteiger partial charge is 0.344 e. The van der Waals surface area contributed by atoms with E-state index in [1.54, 1.807) is 36.4 Å². The number of carbonyl (C=O) groups is 3. The summed E-state index contributed by atoms with van der Waals surface area (Å²) in [6.45, 7) is 3.86. The highest BCUT2D eigenvalue weighted by Crippen LogP contribution is 2.21. The van der Waals surface area contributed by atoms with Gasteiger partial charge in [-0.05, 0) is 37.6 Å². The molecule has 2 aromatic rings. The SMILES string of the molecule is CCCCCCCOC(=O)c1ccccc1C(=O)Oc1ccccc1C(C)=O. The van der Waals surface area contributed by atoms with Crippen LogP contribution in [0.4, 0.5) is 0 Å². The van der Waals surface area contributed by atoms with Crippen LogP contribution in [0.2, 0.25) is 0 Å². The van der Waals surface area contributed by atoms with Crippen LogP contribution in [0.1, 0.15) is 77.0 Å². The number of unbranched alkanes of at least 4 members (excludes halogenated alkanes) is 4. The minimum atomic E-state index is -0.704. The van der Waals surface area contributed by atoms with Gasteiger partial charge in [-0.2, -0.15) is 0 Å². The molecule has 0 aromatic heterocycles. The van der Waals surface area contributed by atoms with E-state index in [0.717, 1.165) is 25.7 Å². The van der Waals surface area contributed by atoms with Crippen molar-refractivity contribution in [1.29, 1.82) is 0 Å². The van der Waals surface area contributed by atoms with E-state index in [-0.39, 0.29) is 22.7 Å². The van der Waals surface area contributed by atoms with Gasteiger partial charge in [-0.15, -0.1) is 0 Å². The predicted molar refractivity (Wildman–Crippen MR) is 107 cm³/mol. The molecule has 0 aliphatic rings. The van der Waals surface area contributed by atoms with E-state index in [2.05, 4.69) is 6.92 Å². The van der Waals surface area contributed by atoms with Crippen molar-refractivity contribution in [2.24, 2.45) is 0 Å². The summed E-state index contributed by atoms with van der Waals surface area (Å²) in [5.74, 6) is -1.30. The first-order chi connectivity index (χ1) is 13.5. The monoisotopic (exact) mass is 382 g/mol. The van der Waals surface area contributed by atoms with Crippen LogP contribution >= 0.6 is 0 Å². The average Bonchev–Trinajstić information content (AvgIpc) is 2.70. The van der Waals surface area contributed by atoms with Crippen molar-refractivity contribution < 1.29 is 23.9 Å². The van der Waals surface area contributed by atoms with Crippen molar-refractivity contribution in [1.82, 2.24) is 0 Å². The van der Waals surface area contributed by atoms with Gasteiger partial charge in [-0.25, -0.2) is 9.59 Å². The average molecular weight is 382 g/mol. The van der Waals surface area contributed by atoms with Gasteiger partial charge in [0.2, 0.25) is 0 Å². The van der Waals surface area contributed by atoms with Crippen LogP contribution in [0.15, 0.2) is 48.5 Å². The van der Waals surface area contributed by atoms with Crippen LogP contribution in [0.5, 0.6) is 5.75 Å². The molecular weight excluding hydrogens is 356 g/mol. The number of ether oxygens (including phenoxy) is 2. The van der Waals surface area contributed by atoms with E-state index in [4.69, 9.17) is 9.47 Å². The third-order valence-corrected chi connectivity index (χ3v) is 4.32. The van der Waals surface area contributed by atoms with Crippen molar-refractivity contribution in [3.8, 4) is 5.75 Å². The lowest BCUT2D eigenvalue weighted by atomic mass is 10.1. The Balaban J connectivity index is 2.06. The Bertz CT molecular complexity index is 825. The van der Waals surface area contributed by atoms with E-state index in [1.807, 2.05) is 0 Å². The Labute approximate surface area is 165 Å². The van der Waals surface area contributed by atoms with E-state index in [0.29, 0.717) is 12.2 Å². The van der Waals surface area contributed by atoms with E-state index < -0.39 is 11.9 Å². The second-order valence-electron chi connectivity index (χ2n) is 6.54. The van der Waals surface area contributed by atoms with Crippen molar-refractivity contribution in [2.75, 3.05) is 6.61 Å². The number of carbonyl (C=O) groups excluding carboxylic acids is 3. The topological polar surface area (TPSA) is 69.7 Å². The molecule has 0 aliphatic carbocycles. The maximum Gasteiger partial charge on any atom is 0.344 e. The largest absolute Gasteiger partial charge is 0.462 e. The molecule has 0 unspecified atom stereocenters. The molecule has 0 saturated heterocycles. The Morgan fingerprint density at radius 3 is 1.96 bits per heavy atom. The lowest BCUT2D eigenvalue weighted by Gasteiger charge is -2.11. The van der Waals surface area contributed by atoms with Crippen molar-refractivity contribution in [3.05, 3.63) is 65.2 Å². The number of esters is 2. The first-order valence-electron chi connectivity index (χ1n) is 9.63. The van der Waals surface area contributed by atoms with Crippen LogP contribution in [0, 0.1) is 0 Å². The van der Waals surface area contributed by atoms with Gasteiger partial charge in [0.05, 0.1) is 23.3 Å². The van der Waals surface area contributed by atoms with Crippen molar-refractivity contribution >= 4 is 17.7 Å². The summed E-state index contributed by atoms with van der Waals surface area (Å²) in [7, 11) is 0. The summed E-state index contributed by atoms with van der Waals surface area (Å²) < 4.78 is 10.7. The number of hydrogen-bond acceptors (Lipinski definition) is 5. The van der Waals surface area contributed by atoms with E-state index >= 15 is 0 Å². The van der Waals surface area contributed by atoms with Gasteiger partial charge in [0.25, 0.3) is 0 Å². The third-order valence-electron chi connectivity index (χ3n) is 4.32. The normalized spacial score (nSPS) is 10.4. The molecule has 0 bridgehead atoms. The summed E-state index contributed by atoms with van der Waals surface area (Å²) in [6, 6.07) is 12.9. The number of hydrogen-bond donors (Lipinski definition) is 0. The highest BCUT2D eigenvalue weighted by Gasteiger charge is 2.21. The van der Waals surface area contributed by atoms with Gasteiger partial charge >= 0.3 is 11.9 Å². The summed E-state index contributed by atoms with van der Waals surface area (Å²) in [5, 5.41) is 0. The molecule has 0 radical (unpaired) electrons. The Hall–Kier alpha value is -2.95. The standard InChI is InChI=1S/C23H26O5/c1-3-4-5-6-11-16-27-22(25)19-13-7-8-14-20(19)23(26)28-21-15-10-9-12-18(21)17(2)24/h7-10,12-15H,3-6,11,16H2,1-2H3. The van der Waals surface area contributed by atoms with Crippen LogP contribution < -0.4 is 4.74 Å². The number of benzene rings is 2. The zero-order valence-electron chi connectivity index (χ0n) is 16.4. The molecule has 28 heavy (non-hydrogen) atoms. The number of Topliss-reactive ketones (excluding diaryl/α,β-unsaturated/α-hetero) is 1. The second-order valence-corrected chi connectivity index (χ2v) is 6.54. The highest BCUT2D eigenvalue weighted by molar-refractivity contribution is 6.04. The molecule has 0 N–H and O–H groups in total. The Morgan fingerprint density at radius 2 is 1.32 bits per heavy atom. The number of para-hydroxylation sites is 1. The Morgan fingerprint density at radius 1 is 0.750 bits per heavy atom. The molecule has 0 heterocycles. The first-order valence-corrected chi connectivity index (χ1v) is 9.63. The maximum atomic E-state index is 12.6. The minimum Gasteiger partial charge on any atom is -0.462 e. The van der Waals surface area contributed by atoms with Gasteiger partial charge in [-0.3, -0.25) is 4.79 Å². The van der Waals surface area contributed by atoms with Crippen molar-refractivity contribution in [3.63, 3.8) is 0 Å². The fraction of sp³-hybridized carbons (Fsp3) is 0.348. The zero-order valence-corrected chi connectivity index (χ0v) is 16.4. The van der Waals surface area contributed by atoms with E-state index in [1.165, 1.54) is 25.5 Å². The summed E-state index contributed by atoms with van der Waals surface area (Å²) >= 11 is 0. The molecule has 0 aliphatic heterocycles. The quantitative estimate of drug-likeness (QED) is 0.243.